The first-order chi connectivity index (χ1) is 10.7. The Morgan fingerprint density at radius 1 is 1.26 bits per heavy atom. The molecular weight excluding hydrogens is 331 g/mol. The summed E-state index contributed by atoms with van der Waals surface area (Å²) in [6.07, 6.45) is -4.74. The molecule has 1 heterocycles. The molecule has 126 valence electrons. The summed E-state index contributed by atoms with van der Waals surface area (Å²) in [5.74, 6) is -0.349. The first-order valence-electron chi connectivity index (χ1n) is 6.92. The van der Waals surface area contributed by atoms with Crippen LogP contribution in [0, 0.1) is 0 Å². The van der Waals surface area contributed by atoms with Gasteiger partial charge in [0.2, 0.25) is 0 Å². The second-order valence-electron chi connectivity index (χ2n) is 5.22. The molecule has 5 nitrogen and oxygen atoms in total. The largest absolute Gasteiger partial charge is 0.573 e. The summed E-state index contributed by atoms with van der Waals surface area (Å²) < 4.78 is 40.0. The number of carbonyl (C=O) groups is 1. The fourth-order valence-corrected chi connectivity index (χ4v) is 2.63. The van der Waals surface area contributed by atoms with Crippen molar-refractivity contribution in [2.75, 3.05) is 18.4 Å². The van der Waals surface area contributed by atoms with Gasteiger partial charge in [-0.2, -0.15) is 0 Å². The Labute approximate surface area is 137 Å². The smallest absolute Gasteiger partial charge is 0.406 e. The van der Waals surface area contributed by atoms with Gasteiger partial charge in [0.05, 0.1) is 0 Å². The van der Waals surface area contributed by atoms with Crippen LogP contribution in [0.2, 0.25) is 0 Å². The lowest BCUT2D eigenvalue weighted by molar-refractivity contribution is -0.274. The van der Waals surface area contributed by atoms with E-state index in [0.29, 0.717) is 23.9 Å². The summed E-state index contributed by atoms with van der Waals surface area (Å²) >= 11 is 5.26. The fraction of sp³-hybridized carbons (Fsp3) is 0.429. The molecule has 0 aromatic heterocycles. The average Bonchev–Trinajstić information content (AvgIpc) is 2.81. The molecule has 0 spiro atoms. The van der Waals surface area contributed by atoms with Crippen LogP contribution in [0.4, 0.5) is 23.7 Å². The van der Waals surface area contributed by atoms with Gasteiger partial charge in [0, 0.05) is 24.8 Å². The summed E-state index contributed by atoms with van der Waals surface area (Å²) in [4.78, 5) is 15.5. The maximum atomic E-state index is 12.2. The number of benzene rings is 1. The van der Waals surface area contributed by atoms with E-state index in [9.17, 15) is 18.0 Å². The first-order valence-corrected chi connectivity index (χ1v) is 7.33. The summed E-state index contributed by atoms with van der Waals surface area (Å²) in [6.45, 7) is 5.08. The number of hydrogen-bond donors (Lipinski definition) is 1. The lowest BCUT2D eigenvalue weighted by atomic mass is 10.3. The molecule has 2 amide bonds. The molecule has 1 N–H and O–H groups in total. The number of ether oxygens (including phenoxy) is 1. The van der Waals surface area contributed by atoms with Gasteiger partial charge in [-0.25, -0.2) is 4.79 Å². The lowest BCUT2D eigenvalue weighted by Crippen LogP contribution is -2.40. The van der Waals surface area contributed by atoms with Gasteiger partial charge in [0.1, 0.15) is 5.75 Å². The van der Waals surface area contributed by atoms with Crippen molar-refractivity contribution in [3.05, 3.63) is 24.3 Å². The number of thiocarbonyl (C=S) groups is 1. The van der Waals surface area contributed by atoms with Gasteiger partial charge in [-0.3, -0.25) is 4.90 Å². The Morgan fingerprint density at radius 2 is 1.87 bits per heavy atom. The number of amides is 2. The Morgan fingerprint density at radius 3 is 2.35 bits per heavy atom. The number of halogens is 3. The van der Waals surface area contributed by atoms with Crippen LogP contribution in [-0.4, -0.2) is 46.4 Å². The van der Waals surface area contributed by atoms with E-state index >= 15 is 0 Å². The van der Waals surface area contributed by atoms with Gasteiger partial charge in [0.25, 0.3) is 0 Å². The van der Waals surface area contributed by atoms with Crippen LogP contribution in [0.1, 0.15) is 13.8 Å². The van der Waals surface area contributed by atoms with E-state index < -0.39 is 12.4 Å². The van der Waals surface area contributed by atoms with Gasteiger partial charge in [-0.1, -0.05) is 0 Å². The van der Waals surface area contributed by atoms with Crippen LogP contribution in [0.5, 0.6) is 5.75 Å². The van der Waals surface area contributed by atoms with Crippen molar-refractivity contribution < 1.29 is 22.7 Å². The topological polar surface area (TPSA) is 44.8 Å². The standard InChI is InChI=1S/C14H16F3N3O2S/c1-9(2)19-7-8-20(13(19)23)12(21)18-10-3-5-11(6-4-10)22-14(15,16)17/h3-6,9H,7-8H2,1-2H3,(H,18,21). The number of nitrogens with zero attached hydrogens (tertiary/aromatic N) is 2. The highest BCUT2D eigenvalue weighted by Gasteiger charge is 2.32. The maximum absolute atomic E-state index is 12.2. The van der Waals surface area contributed by atoms with Gasteiger partial charge in [-0.15, -0.1) is 13.2 Å². The van der Waals surface area contributed by atoms with E-state index in [-0.39, 0.29) is 11.8 Å². The van der Waals surface area contributed by atoms with Gasteiger partial charge >= 0.3 is 12.4 Å². The van der Waals surface area contributed by atoms with E-state index in [4.69, 9.17) is 12.2 Å². The second-order valence-corrected chi connectivity index (χ2v) is 5.59. The van der Waals surface area contributed by atoms with Crippen molar-refractivity contribution >= 4 is 29.0 Å². The third-order valence-electron chi connectivity index (χ3n) is 3.25. The van der Waals surface area contributed by atoms with E-state index in [0.717, 1.165) is 12.1 Å². The molecule has 9 heteroatoms. The number of hydrogen-bond acceptors (Lipinski definition) is 3. The molecule has 23 heavy (non-hydrogen) atoms. The number of alkyl halides is 3. The zero-order valence-electron chi connectivity index (χ0n) is 12.6. The molecule has 1 aromatic rings. The Hall–Kier alpha value is -2.03. The highest BCUT2D eigenvalue weighted by Crippen LogP contribution is 2.24. The number of nitrogens with one attached hydrogen (secondary N) is 1. The van der Waals surface area contributed by atoms with E-state index in [1.54, 1.807) is 0 Å². The van der Waals surface area contributed by atoms with E-state index in [1.807, 2.05) is 18.7 Å². The minimum atomic E-state index is -4.74. The third kappa shape index (κ3) is 4.47. The highest BCUT2D eigenvalue weighted by atomic mass is 32.1. The predicted molar refractivity (Wildman–Crippen MR) is 83.3 cm³/mol. The molecule has 0 radical (unpaired) electrons. The molecule has 2 rings (SSSR count). The van der Waals surface area contributed by atoms with Crippen molar-refractivity contribution in [3.63, 3.8) is 0 Å². The SMILES string of the molecule is CC(C)N1CCN(C(=O)Nc2ccc(OC(F)(F)F)cc2)C1=S. The molecule has 1 saturated heterocycles. The quantitative estimate of drug-likeness (QED) is 0.851. The van der Waals surface area contributed by atoms with Crippen molar-refractivity contribution in [2.45, 2.75) is 26.3 Å². The summed E-state index contributed by atoms with van der Waals surface area (Å²) in [7, 11) is 0. The van der Waals surface area contributed by atoms with Crippen LogP contribution in [0.25, 0.3) is 0 Å². The fourth-order valence-electron chi connectivity index (χ4n) is 2.15. The lowest BCUT2D eigenvalue weighted by Gasteiger charge is -2.24. The van der Waals surface area contributed by atoms with E-state index in [1.165, 1.54) is 17.0 Å². The normalized spacial score (nSPS) is 15.3. The van der Waals surface area contributed by atoms with Crippen LogP contribution in [0.3, 0.4) is 0 Å². The first kappa shape index (κ1) is 17.3. The predicted octanol–water partition coefficient (Wildman–Crippen LogP) is 3.43. The zero-order chi connectivity index (χ0) is 17.2. The number of rotatable bonds is 3. The van der Waals surface area contributed by atoms with Crippen LogP contribution in [-0.2, 0) is 0 Å². The summed E-state index contributed by atoms with van der Waals surface area (Å²) in [5, 5.41) is 3.04. The van der Waals surface area contributed by atoms with Gasteiger partial charge < -0.3 is 15.0 Å². The minimum Gasteiger partial charge on any atom is -0.406 e. The summed E-state index contributed by atoms with van der Waals surface area (Å²) in [5.41, 5.74) is 0.357. The van der Waals surface area contributed by atoms with Crippen molar-refractivity contribution in [3.8, 4) is 5.75 Å². The summed E-state index contributed by atoms with van der Waals surface area (Å²) in [6, 6.07) is 4.70. The second kappa shape index (κ2) is 6.61. The Bertz CT molecular complexity index is 590. The Balaban J connectivity index is 1.97. The van der Waals surface area contributed by atoms with Crippen LogP contribution < -0.4 is 10.1 Å². The number of urea groups is 1. The maximum Gasteiger partial charge on any atom is 0.573 e. The van der Waals surface area contributed by atoms with E-state index in [2.05, 4.69) is 10.1 Å². The van der Waals surface area contributed by atoms with Crippen molar-refractivity contribution in [1.29, 1.82) is 0 Å². The number of anilines is 1. The third-order valence-corrected chi connectivity index (χ3v) is 3.70. The zero-order valence-corrected chi connectivity index (χ0v) is 13.4. The molecule has 0 saturated carbocycles. The molecule has 1 aliphatic rings. The number of carbonyl (C=O) groups excluding carboxylic acids is 1. The molecule has 1 fully saturated rings. The molecule has 0 unspecified atom stereocenters. The molecule has 1 aromatic carbocycles. The van der Waals surface area contributed by atoms with Crippen molar-refractivity contribution in [1.82, 2.24) is 9.80 Å². The Kier molecular flexibility index (Phi) is 4.98. The highest BCUT2D eigenvalue weighted by molar-refractivity contribution is 7.80. The van der Waals surface area contributed by atoms with Gasteiger partial charge in [-0.05, 0) is 50.3 Å². The van der Waals surface area contributed by atoms with Crippen LogP contribution >= 0.6 is 12.2 Å². The molecule has 0 aliphatic carbocycles. The molecule has 0 atom stereocenters. The average molecular weight is 347 g/mol. The minimum absolute atomic E-state index is 0.194. The van der Waals surface area contributed by atoms with Crippen LogP contribution in [0.15, 0.2) is 24.3 Å². The van der Waals surface area contributed by atoms with Crippen molar-refractivity contribution in [2.24, 2.45) is 0 Å². The molecule has 1 aliphatic heterocycles. The monoisotopic (exact) mass is 347 g/mol. The molecule has 0 bridgehead atoms. The molecular formula is C14H16F3N3O2S. The van der Waals surface area contributed by atoms with Gasteiger partial charge in [0.15, 0.2) is 5.11 Å².